The van der Waals surface area contributed by atoms with Crippen LogP contribution in [-0.2, 0) is 11.3 Å². The number of halogens is 2. The number of hydrogen-bond donors (Lipinski definition) is 1. The van der Waals surface area contributed by atoms with Crippen molar-refractivity contribution in [1.29, 1.82) is 0 Å². The van der Waals surface area contributed by atoms with E-state index in [-0.39, 0.29) is 18.3 Å². The number of anilines is 1. The minimum Gasteiger partial charge on any atom is -0.308 e. The van der Waals surface area contributed by atoms with Crippen molar-refractivity contribution in [3.8, 4) is 0 Å². The highest BCUT2D eigenvalue weighted by Crippen LogP contribution is 2.27. The van der Waals surface area contributed by atoms with Crippen LogP contribution in [0, 0.1) is 11.7 Å². The van der Waals surface area contributed by atoms with Crippen molar-refractivity contribution in [2.75, 3.05) is 5.32 Å². The minimum atomic E-state index is -0.285. The summed E-state index contributed by atoms with van der Waals surface area (Å²) in [6.07, 6.45) is 9.33. The van der Waals surface area contributed by atoms with Gasteiger partial charge in [-0.3, -0.25) is 9.48 Å². The van der Waals surface area contributed by atoms with Crippen molar-refractivity contribution in [2.45, 2.75) is 51.5 Å². The number of carbonyl (C=O) groups excluding carboxylic acids is 1. The fourth-order valence-corrected chi connectivity index (χ4v) is 3.57. The second kappa shape index (κ2) is 8.48. The van der Waals surface area contributed by atoms with E-state index in [0.717, 1.165) is 6.42 Å². The van der Waals surface area contributed by atoms with Crippen molar-refractivity contribution >= 4 is 23.3 Å². The quantitative estimate of drug-likeness (QED) is 0.783. The van der Waals surface area contributed by atoms with E-state index in [1.165, 1.54) is 42.9 Å². The van der Waals surface area contributed by atoms with Crippen LogP contribution in [0.1, 0.15) is 50.5 Å². The van der Waals surface area contributed by atoms with Crippen LogP contribution in [0.25, 0.3) is 0 Å². The standard InChI is InChI=1S/C19H23ClFN3O/c20-16-13-24(12-15-8-4-5-9-17(15)21)23-19(16)22-18(25)11-10-14-6-2-1-3-7-14/h4-5,8-9,13-14H,1-3,6-7,10-12H2,(H,22,23,25). The summed E-state index contributed by atoms with van der Waals surface area (Å²) in [6.45, 7) is 0.268. The molecule has 3 rings (SSSR count). The molecule has 4 nitrogen and oxygen atoms in total. The van der Waals surface area contributed by atoms with Gasteiger partial charge in [-0.1, -0.05) is 61.9 Å². The van der Waals surface area contributed by atoms with Crippen LogP contribution in [0.15, 0.2) is 30.5 Å². The Kier molecular flexibility index (Phi) is 6.08. The molecule has 1 aliphatic carbocycles. The third-order valence-corrected chi connectivity index (χ3v) is 5.05. The van der Waals surface area contributed by atoms with E-state index < -0.39 is 0 Å². The van der Waals surface area contributed by atoms with Crippen LogP contribution in [-0.4, -0.2) is 15.7 Å². The molecule has 1 fully saturated rings. The molecule has 25 heavy (non-hydrogen) atoms. The van der Waals surface area contributed by atoms with Crippen LogP contribution in [0.4, 0.5) is 10.2 Å². The Bertz CT molecular complexity index is 725. The van der Waals surface area contributed by atoms with Crippen LogP contribution in [0.5, 0.6) is 0 Å². The second-order valence-corrected chi connectivity index (χ2v) is 7.11. The van der Waals surface area contributed by atoms with E-state index in [9.17, 15) is 9.18 Å². The monoisotopic (exact) mass is 363 g/mol. The van der Waals surface area contributed by atoms with E-state index in [4.69, 9.17) is 11.6 Å². The predicted molar refractivity (Wildman–Crippen MR) is 97.2 cm³/mol. The molecule has 0 atom stereocenters. The smallest absolute Gasteiger partial charge is 0.225 e. The van der Waals surface area contributed by atoms with Crippen LogP contribution >= 0.6 is 11.6 Å². The molecule has 1 saturated carbocycles. The van der Waals surface area contributed by atoms with Gasteiger partial charge >= 0.3 is 0 Å². The molecular weight excluding hydrogens is 341 g/mol. The second-order valence-electron chi connectivity index (χ2n) is 6.71. The normalized spacial score (nSPS) is 15.3. The molecule has 1 heterocycles. The summed E-state index contributed by atoms with van der Waals surface area (Å²) in [4.78, 5) is 12.2. The third kappa shape index (κ3) is 5.05. The largest absolute Gasteiger partial charge is 0.308 e. The molecule has 0 unspecified atom stereocenters. The Morgan fingerprint density at radius 2 is 2.04 bits per heavy atom. The number of aromatic nitrogens is 2. The zero-order valence-corrected chi connectivity index (χ0v) is 14.9. The van der Waals surface area contributed by atoms with Gasteiger partial charge in [0.25, 0.3) is 0 Å². The molecule has 1 aromatic heterocycles. The van der Waals surface area contributed by atoms with Gasteiger partial charge in [-0.15, -0.1) is 0 Å². The summed E-state index contributed by atoms with van der Waals surface area (Å²) < 4.78 is 15.3. The van der Waals surface area contributed by atoms with Gasteiger partial charge in [0.15, 0.2) is 5.82 Å². The van der Waals surface area contributed by atoms with E-state index in [1.54, 1.807) is 24.4 Å². The number of nitrogens with zero attached hydrogens (tertiary/aromatic N) is 2. The summed E-state index contributed by atoms with van der Waals surface area (Å²) >= 11 is 6.15. The first-order chi connectivity index (χ1) is 12.1. The van der Waals surface area contributed by atoms with Crippen LogP contribution in [0.3, 0.4) is 0 Å². The molecule has 6 heteroatoms. The molecule has 1 aromatic carbocycles. The Labute approximate surface area is 152 Å². The summed E-state index contributed by atoms with van der Waals surface area (Å²) in [7, 11) is 0. The predicted octanol–water partition coefficient (Wildman–Crippen LogP) is 5.02. The van der Waals surface area contributed by atoms with Gasteiger partial charge in [0.05, 0.1) is 6.54 Å². The number of carbonyl (C=O) groups is 1. The highest BCUT2D eigenvalue weighted by atomic mass is 35.5. The average Bonchev–Trinajstić information content (AvgIpc) is 2.95. The van der Waals surface area contributed by atoms with Gasteiger partial charge < -0.3 is 5.32 Å². The molecule has 0 bridgehead atoms. The first kappa shape index (κ1) is 17.9. The van der Waals surface area contributed by atoms with Gasteiger partial charge in [-0.05, 0) is 18.4 Å². The molecule has 0 radical (unpaired) electrons. The maximum absolute atomic E-state index is 13.7. The lowest BCUT2D eigenvalue weighted by Crippen LogP contribution is -2.15. The van der Waals surface area contributed by atoms with Gasteiger partial charge in [0.2, 0.25) is 5.91 Å². The van der Waals surface area contributed by atoms with Gasteiger partial charge in [-0.2, -0.15) is 5.10 Å². The SMILES string of the molecule is O=C(CCC1CCCCC1)Nc1nn(Cc2ccccc2F)cc1Cl. The summed E-state index contributed by atoms with van der Waals surface area (Å²) in [5.41, 5.74) is 0.525. The van der Waals surface area contributed by atoms with E-state index in [0.29, 0.717) is 28.7 Å². The zero-order chi connectivity index (χ0) is 17.6. The average molecular weight is 364 g/mol. The maximum Gasteiger partial charge on any atom is 0.225 e. The number of hydrogen-bond acceptors (Lipinski definition) is 2. The molecule has 1 aliphatic rings. The first-order valence-corrected chi connectivity index (χ1v) is 9.26. The fourth-order valence-electron chi connectivity index (χ4n) is 3.37. The molecule has 134 valence electrons. The molecule has 0 aliphatic heterocycles. The lowest BCUT2D eigenvalue weighted by molar-refractivity contribution is -0.116. The lowest BCUT2D eigenvalue weighted by Gasteiger charge is -2.20. The summed E-state index contributed by atoms with van der Waals surface area (Å²) in [5, 5.41) is 7.40. The van der Waals surface area contributed by atoms with Crippen molar-refractivity contribution in [3.05, 3.63) is 46.9 Å². The Balaban J connectivity index is 1.55. The van der Waals surface area contributed by atoms with E-state index in [1.807, 2.05) is 0 Å². The Morgan fingerprint density at radius 1 is 1.28 bits per heavy atom. The number of amides is 1. The Morgan fingerprint density at radius 3 is 2.80 bits per heavy atom. The molecular formula is C19H23ClFN3O. The molecule has 1 N–H and O–H groups in total. The first-order valence-electron chi connectivity index (χ1n) is 8.88. The van der Waals surface area contributed by atoms with E-state index >= 15 is 0 Å². The third-order valence-electron chi connectivity index (χ3n) is 4.77. The highest BCUT2D eigenvalue weighted by Gasteiger charge is 2.16. The van der Waals surface area contributed by atoms with Crippen molar-refractivity contribution in [2.24, 2.45) is 5.92 Å². The maximum atomic E-state index is 13.7. The number of nitrogens with one attached hydrogen (secondary N) is 1. The number of rotatable bonds is 6. The summed E-state index contributed by atoms with van der Waals surface area (Å²) in [6, 6.07) is 6.53. The fraction of sp³-hybridized carbons (Fsp3) is 0.474. The van der Waals surface area contributed by atoms with Crippen molar-refractivity contribution in [1.82, 2.24) is 9.78 Å². The topological polar surface area (TPSA) is 46.9 Å². The molecule has 0 saturated heterocycles. The number of benzene rings is 1. The van der Waals surface area contributed by atoms with Gasteiger partial charge in [-0.25, -0.2) is 4.39 Å². The minimum absolute atomic E-state index is 0.0661. The zero-order valence-electron chi connectivity index (χ0n) is 14.2. The van der Waals surface area contributed by atoms with Crippen molar-refractivity contribution < 1.29 is 9.18 Å². The van der Waals surface area contributed by atoms with Gasteiger partial charge in [0.1, 0.15) is 10.8 Å². The van der Waals surface area contributed by atoms with Crippen LogP contribution in [0.2, 0.25) is 5.02 Å². The molecule has 2 aromatic rings. The molecule has 0 spiro atoms. The Hall–Kier alpha value is -1.88. The lowest BCUT2D eigenvalue weighted by atomic mass is 9.86. The highest BCUT2D eigenvalue weighted by molar-refractivity contribution is 6.33. The van der Waals surface area contributed by atoms with E-state index in [2.05, 4.69) is 10.4 Å². The van der Waals surface area contributed by atoms with Crippen LogP contribution < -0.4 is 5.32 Å². The van der Waals surface area contributed by atoms with Gasteiger partial charge in [0, 0.05) is 18.2 Å². The van der Waals surface area contributed by atoms with Crippen molar-refractivity contribution in [3.63, 3.8) is 0 Å². The summed E-state index contributed by atoms with van der Waals surface area (Å²) in [5.74, 6) is 0.649. The molecule has 1 amide bonds.